The predicted molar refractivity (Wildman–Crippen MR) is 101 cm³/mol. The molecule has 3 rings (SSSR count). The first-order valence-corrected chi connectivity index (χ1v) is 8.66. The van der Waals surface area contributed by atoms with E-state index < -0.39 is 10.9 Å². The first-order valence-electron chi connectivity index (χ1n) is 7.78. The Kier molecular flexibility index (Phi) is 5.32. The normalized spacial score (nSPS) is 10.4. The monoisotopic (exact) mass is 385 g/mol. The average Bonchev–Trinajstić information content (AvgIpc) is 3.15. The average molecular weight is 385 g/mol. The van der Waals surface area contributed by atoms with Crippen LogP contribution in [0.2, 0.25) is 0 Å². The summed E-state index contributed by atoms with van der Waals surface area (Å²) in [6.45, 7) is -0.0529. The molecule has 2 N–H and O–H groups in total. The van der Waals surface area contributed by atoms with E-state index in [0.717, 1.165) is 16.6 Å². The third kappa shape index (κ3) is 4.04. The van der Waals surface area contributed by atoms with Gasteiger partial charge in [0, 0.05) is 11.4 Å². The fourth-order valence-electron chi connectivity index (χ4n) is 2.37. The van der Waals surface area contributed by atoms with Crippen molar-refractivity contribution in [1.29, 1.82) is 0 Å². The van der Waals surface area contributed by atoms with Crippen LogP contribution in [0.25, 0.3) is 10.6 Å². The lowest BCUT2D eigenvalue weighted by Gasteiger charge is -2.05. The number of methoxy groups -OCH3 is 1. The lowest BCUT2D eigenvalue weighted by Crippen LogP contribution is -2.07. The highest BCUT2D eigenvalue weighted by molar-refractivity contribution is 7.13. The molecule has 0 aliphatic carbocycles. The minimum atomic E-state index is -0.690. The van der Waals surface area contributed by atoms with Gasteiger partial charge in [0.1, 0.15) is 23.1 Å². The van der Waals surface area contributed by atoms with Gasteiger partial charge >= 0.3 is 5.97 Å². The first kappa shape index (κ1) is 18.3. The highest BCUT2D eigenvalue weighted by atomic mass is 32.1. The Balaban J connectivity index is 1.71. The van der Waals surface area contributed by atoms with Gasteiger partial charge in [-0.1, -0.05) is 12.1 Å². The molecule has 0 saturated heterocycles. The zero-order valence-electron chi connectivity index (χ0n) is 14.2. The van der Waals surface area contributed by atoms with Gasteiger partial charge < -0.3 is 15.2 Å². The number of nitrogen functional groups attached to an aromatic ring is 1. The van der Waals surface area contributed by atoms with Crippen molar-refractivity contribution >= 4 is 28.7 Å². The van der Waals surface area contributed by atoms with Crippen LogP contribution in [0.5, 0.6) is 5.75 Å². The van der Waals surface area contributed by atoms with E-state index in [2.05, 4.69) is 4.98 Å². The number of nitro benzene ring substituents is 1. The van der Waals surface area contributed by atoms with E-state index in [1.807, 2.05) is 24.3 Å². The topological polar surface area (TPSA) is 118 Å². The minimum absolute atomic E-state index is 0.0162. The second-order valence-corrected chi connectivity index (χ2v) is 6.31. The molecule has 8 nitrogen and oxygen atoms in total. The number of nitrogens with two attached hydrogens (primary N) is 1. The lowest BCUT2D eigenvalue weighted by molar-refractivity contribution is -0.383. The van der Waals surface area contributed by atoms with Crippen LogP contribution in [0.1, 0.15) is 16.1 Å². The van der Waals surface area contributed by atoms with Gasteiger partial charge in [0.15, 0.2) is 0 Å². The van der Waals surface area contributed by atoms with Crippen molar-refractivity contribution in [2.45, 2.75) is 6.61 Å². The Morgan fingerprint density at radius 1 is 1.30 bits per heavy atom. The van der Waals surface area contributed by atoms with Crippen molar-refractivity contribution in [1.82, 2.24) is 4.98 Å². The number of rotatable bonds is 6. The molecule has 0 bridgehead atoms. The molecule has 0 unspecified atom stereocenters. The number of hydrogen-bond acceptors (Lipinski definition) is 8. The second-order valence-electron chi connectivity index (χ2n) is 5.45. The maximum absolute atomic E-state index is 12.2. The molecule has 3 aromatic rings. The van der Waals surface area contributed by atoms with Crippen molar-refractivity contribution in [2.24, 2.45) is 0 Å². The summed E-state index contributed by atoms with van der Waals surface area (Å²) in [7, 11) is 1.58. The molecule has 9 heteroatoms. The first-order chi connectivity index (χ1) is 13.0. The molecule has 0 fully saturated rings. The Hall–Kier alpha value is -3.46. The number of aromatic nitrogens is 1. The Morgan fingerprint density at radius 3 is 2.81 bits per heavy atom. The van der Waals surface area contributed by atoms with E-state index in [0.29, 0.717) is 11.4 Å². The number of carbonyl (C=O) groups is 1. The van der Waals surface area contributed by atoms with Crippen LogP contribution in [0, 0.1) is 10.1 Å². The highest BCUT2D eigenvalue weighted by Gasteiger charge is 2.17. The van der Waals surface area contributed by atoms with E-state index in [4.69, 9.17) is 15.2 Å². The molecule has 0 radical (unpaired) electrons. The standard InChI is InChI=1S/C18H15N3O5S/c1-25-16-5-3-2-4-13(16)17-20-12(10-27-17)9-26-18(22)11-6-7-14(19)15(8-11)21(23)24/h2-8,10H,9,19H2,1H3. The smallest absolute Gasteiger partial charge is 0.338 e. The second kappa shape index (κ2) is 7.83. The fourth-order valence-corrected chi connectivity index (χ4v) is 3.20. The number of esters is 1. The van der Waals surface area contributed by atoms with E-state index in [-0.39, 0.29) is 23.5 Å². The number of carbonyl (C=O) groups excluding carboxylic acids is 1. The molecule has 0 spiro atoms. The van der Waals surface area contributed by atoms with Gasteiger partial charge in [-0.25, -0.2) is 9.78 Å². The van der Waals surface area contributed by atoms with E-state index in [9.17, 15) is 14.9 Å². The summed E-state index contributed by atoms with van der Waals surface area (Å²) in [4.78, 5) is 26.9. The number of nitrogens with zero attached hydrogens (tertiary/aromatic N) is 2. The van der Waals surface area contributed by atoms with Crippen LogP contribution < -0.4 is 10.5 Å². The maximum Gasteiger partial charge on any atom is 0.338 e. The molecule has 0 aliphatic heterocycles. The molecule has 0 atom stereocenters. The van der Waals surface area contributed by atoms with Crippen LogP contribution in [0.15, 0.2) is 47.8 Å². The number of ether oxygens (including phenoxy) is 2. The van der Waals surface area contributed by atoms with E-state index in [1.165, 1.54) is 23.5 Å². The molecule has 1 aromatic heterocycles. The highest BCUT2D eigenvalue weighted by Crippen LogP contribution is 2.32. The Bertz CT molecular complexity index is 1000. The number of para-hydroxylation sites is 1. The van der Waals surface area contributed by atoms with Gasteiger partial charge in [-0.05, 0) is 24.3 Å². The van der Waals surface area contributed by atoms with Crippen molar-refractivity contribution in [3.8, 4) is 16.3 Å². The Morgan fingerprint density at radius 2 is 2.07 bits per heavy atom. The SMILES string of the molecule is COc1ccccc1-c1nc(COC(=O)c2ccc(N)c([N+](=O)[O-])c2)cs1. The van der Waals surface area contributed by atoms with Crippen molar-refractivity contribution in [2.75, 3.05) is 12.8 Å². The van der Waals surface area contributed by atoms with E-state index >= 15 is 0 Å². The van der Waals surface area contributed by atoms with Crippen LogP contribution in [0.3, 0.4) is 0 Å². The lowest BCUT2D eigenvalue weighted by atomic mass is 10.2. The van der Waals surface area contributed by atoms with Gasteiger partial charge in [0.05, 0.1) is 28.9 Å². The zero-order chi connectivity index (χ0) is 19.4. The third-order valence-corrected chi connectivity index (χ3v) is 4.63. The van der Waals surface area contributed by atoms with Gasteiger partial charge in [0.2, 0.25) is 0 Å². The van der Waals surface area contributed by atoms with Gasteiger partial charge in [-0.2, -0.15) is 0 Å². The maximum atomic E-state index is 12.2. The molecule has 1 heterocycles. The Labute approximate surface area is 158 Å². The minimum Gasteiger partial charge on any atom is -0.496 e. The number of nitro groups is 1. The number of hydrogen-bond donors (Lipinski definition) is 1. The van der Waals surface area contributed by atoms with E-state index in [1.54, 1.807) is 12.5 Å². The fraction of sp³-hybridized carbons (Fsp3) is 0.111. The predicted octanol–water partition coefficient (Wildman–Crippen LogP) is 3.67. The molecular weight excluding hydrogens is 370 g/mol. The van der Waals surface area contributed by atoms with Gasteiger partial charge in [0.25, 0.3) is 5.69 Å². The van der Waals surface area contributed by atoms with Crippen molar-refractivity contribution < 1.29 is 19.2 Å². The molecule has 138 valence electrons. The summed E-state index contributed by atoms with van der Waals surface area (Å²) in [5.74, 6) is 0.00882. The summed E-state index contributed by atoms with van der Waals surface area (Å²) >= 11 is 1.40. The molecular formula is C18H15N3O5S. The molecule has 0 saturated carbocycles. The zero-order valence-corrected chi connectivity index (χ0v) is 15.1. The van der Waals surface area contributed by atoms with Crippen LogP contribution in [0.4, 0.5) is 11.4 Å². The van der Waals surface area contributed by atoms with Crippen molar-refractivity contribution in [3.63, 3.8) is 0 Å². The largest absolute Gasteiger partial charge is 0.496 e. The molecule has 0 amide bonds. The quantitative estimate of drug-likeness (QED) is 0.298. The van der Waals surface area contributed by atoms with Crippen LogP contribution in [-0.4, -0.2) is 23.0 Å². The summed E-state index contributed by atoms with van der Waals surface area (Å²) < 4.78 is 10.5. The summed E-state index contributed by atoms with van der Waals surface area (Å²) in [6, 6.07) is 11.3. The molecule has 27 heavy (non-hydrogen) atoms. The summed E-state index contributed by atoms with van der Waals surface area (Å²) in [6.07, 6.45) is 0. The molecule has 0 aliphatic rings. The number of benzene rings is 2. The summed E-state index contributed by atoms with van der Waals surface area (Å²) in [5.41, 5.74) is 6.64. The van der Waals surface area contributed by atoms with Crippen molar-refractivity contribution in [3.05, 3.63) is 69.2 Å². The summed E-state index contributed by atoms with van der Waals surface area (Å²) in [5, 5.41) is 13.4. The van der Waals surface area contributed by atoms with Gasteiger partial charge in [-0.15, -0.1) is 11.3 Å². The van der Waals surface area contributed by atoms with Crippen LogP contribution in [-0.2, 0) is 11.3 Å². The number of thiazole rings is 1. The van der Waals surface area contributed by atoms with Gasteiger partial charge in [-0.3, -0.25) is 10.1 Å². The molecule has 2 aromatic carbocycles. The third-order valence-electron chi connectivity index (χ3n) is 3.70. The number of anilines is 1. The van der Waals surface area contributed by atoms with Crippen LogP contribution >= 0.6 is 11.3 Å².